The third-order valence-electron chi connectivity index (χ3n) is 3.03. The molecule has 1 unspecified atom stereocenters. The standard InChI is InChI=1S/C12H21N3O2S/c1-4-8(2)7-15-11-5-10(13)6-12(9(11)3)18(14,16)17/h5-6,8,15H,4,7,13H2,1-3H3,(H2,14,16,17). The topological polar surface area (TPSA) is 98.2 Å². The quantitative estimate of drug-likeness (QED) is 0.710. The van der Waals surface area contributed by atoms with Crippen molar-refractivity contribution in [3.63, 3.8) is 0 Å². The summed E-state index contributed by atoms with van der Waals surface area (Å²) in [5, 5.41) is 8.38. The summed E-state index contributed by atoms with van der Waals surface area (Å²) in [6.07, 6.45) is 1.05. The number of sulfonamides is 1. The molecule has 0 radical (unpaired) electrons. The maximum atomic E-state index is 11.4. The molecule has 0 aliphatic rings. The van der Waals surface area contributed by atoms with Gasteiger partial charge in [0, 0.05) is 17.9 Å². The molecule has 1 aromatic carbocycles. The molecule has 0 fully saturated rings. The van der Waals surface area contributed by atoms with Crippen molar-refractivity contribution in [2.24, 2.45) is 11.1 Å². The molecule has 102 valence electrons. The molecule has 0 saturated carbocycles. The lowest BCUT2D eigenvalue weighted by molar-refractivity contribution is 0.592. The van der Waals surface area contributed by atoms with Crippen molar-refractivity contribution in [1.29, 1.82) is 0 Å². The monoisotopic (exact) mass is 271 g/mol. The van der Waals surface area contributed by atoms with Gasteiger partial charge in [-0.2, -0.15) is 0 Å². The van der Waals surface area contributed by atoms with Gasteiger partial charge in [0.25, 0.3) is 0 Å². The number of hydrogen-bond donors (Lipinski definition) is 3. The number of nitrogens with two attached hydrogens (primary N) is 2. The lowest BCUT2D eigenvalue weighted by Crippen LogP contribution is -2.17. The minimum Gasteiger partial charge on any atom is -0.399 e. The number of nitrogen functional groups attached to an aromatic ring is 1. The van der Waals surface area contributed by atoms with Crippen molar-refractivity contribution in [3.8, 4) is 0 Å². The molecule has 0 heterocycles. The van der Waals surface area contributed by atoms with Crippen molar-refractivity contribution in [3.05, 3.63) is 17.7 Å². The maximum Gasteiger partial charge on any atom is 0.238 e. The van der Waals surface area contributed by atoms with E-state index in [1.54, 1.807) is 13.0 Å². The predicted molar refractivity (Wildman–Crippen MR) is 74.9 cm³/mol. The SMILES string of the molecule is CCC(C)CNc1cc(N)cc(S(N)(=O)=O)c1C. The minimum atomic E-state index is -3.74. The molecule has 0 aliphatic heterocycles. The normalized spacial score (nSPS) is 13.3. The second-order valence-electron chi connectivity index (χ2n) is 4.63. The highest BCUT2D eigenvalue weighted by atomic mass is 32.2. The Labute approximate surface area is 109 Å². The Morgan fingerprint density at radius 2 is 2.00 bits per heavy atom. The first-order chi connectivity index (χ1) is 8.25. The van der Waals surface area contributed by atoms with Gasteiger partial charge < -0.3 is 11.1 Å². The molecule has 0 amide bonds. The molecular formula is C12H21N3O2S. The molecule has 0 saturated heterocycles. The largest absolute Gasteiger partial charge is 0.399 e. The number of primary sulfonamides is 1. The van der Waals surface area contributed by atoms with Crippen LogP contribution in [0.4, 0.5) is 11.4 Å². The van der Waals surface area contributed by atoms with Crippen molar-refractivity contribution in [2.75, 3.05) is 17.6 Å². The van der Waals surface area contributed by atoms with E-state index in [9.17, 15) is 8.42 Å². The Morgan fingerprint density at radius 1 is 1.39 bits per heavy atom. The van der Waals surface area contributed by atoms with Crippen molar-refractivity contribution >= 4 is 21.4 Å². The lowest BCUT2D eigenvalue weighted by atomic mass is 10.1. The fourth-order valence-electron chi connectivity index (χ4n) is 1.62. The van der Waals surface area contributed by atoms with Gasteiger partial charge in [-0.25, -0.2) is 13.6 Å². The summed E-state index contributed by atoms with van der Waals surface area (Å²) in [4.78, 5) is 0.0779. The zero-order valence-corrected chi connectivity index (χ0v) is 11.8. The highest BCUT2D eigenvalue weighted by Gasteiger charge is 2.15. The highest BCUT2D eigenvalue weighted by molar-refractivity contribution is 7.89. The molecule has 1 rings (SSSR count). The third-order valence-corrected chi connectivity index (χ3v) is 4.06. The van der Waals surface area contributed by atoms with Crippen LogP contribution in [-0.4, -0.2) is 15.0 Å². The van der Waals surface area contributed by atoms with E-state index in [1.807, 2.05) is 0 Å². The number of rotatable bonds is 5. The van der Waals surface area contributed by atoms with Gasteiger partial charge in [-0.15, -0.1) is 0 Å². The van der Waals surface area contributed by atoms with Crippen LogP contribution < -0.4 is 16.2 Å². The summed E-state index contributed by atoms with van der Waals surface area (Å²) >= 11 is 0. The van der Waals surface area contributed by atoms with Gasteiger partial charge in [-0.05, 0) is 30.5 Å². The Balaban J connectivity index is 3.10. The average Bonchev–Trinajstić information content (AvgIpc) is 2.27. The van der Waals surface area contributed by atoms with Gasteiger partial charge in [-0.3, -0.25) is 0 Å². The zero-order valence-electron chi connectivity index (χ0n) is 11.0. The number of anilines is 2. The summed E-state index contributed by atoms with van der Waals surface area (Å²) in [6.45, 7) is 6.71. The van der Waals surface area contributed by atoms with Crippen LogP contribution >= 0.6 is 0 Å². The van der Waals surface area contributed by atoms with Crippen LogP contribution in [0.5, 0.6) is 0 Å². The van der Waals surface area contributed by atoms with Crippen LogP contribution in [0.2, 0.25) is 0 Å². The van der Waals surface area contributed by atoms with E-state index >= 15 is 0 Å². The number of nitrogens with one attached hydrogen (secondary N) is 1. The number of hydrogen-bond acceptors (Lipinski definition) is 4. The lowest BCUT2D eigenvalue weighted by Gasteiger charge is -2.16. The Hall–Kier alpha value is -1.27. The van der Waals surface area contributed by atoms with Gasteiger partial charge in [0.2, 0.25) is 10.0 Å². The van der Waals surface area contributed by atoms with Gasteiger partial charge in [0.05, 0.1) is 4.90 Å². The van der Waals surface area contributed by atoms with Crippen molar-refractivity contribution in [1.82, 2.24) is 0 Å². The van der Waals surface area contributed by atoms with E-state index in [1.165, 1.54) is 6.07 Å². The van der Waals surface area contributed by atoms with E-state index in [0.29, 0.717) is 17.2 Å². The molecule has 0 aliphatic carbocycles. The predicted octanol–water partition coefficient (Wildman–Crippen LogP) is 1.68. The number of benzene rings is 1. The van der Waals surface area contributed by atoms with Crippen LogP contribution in [0.15, 0.2) is 17.0 Å². The van der Waals surface area contributed by atoms with E-state index in [4.69, 9.17) is 10.9 Å². The second kappa shape index (κ2) is 5.58. The maximum absolute atomic E-state index is 11.4. The van der Waals surface area contributed by atoms with Gasteiger partial charge >= 0.3 is 0 Å². The first-order valence-electron chi connectivity index (χ1n) is 5.92. The van der Waals surface area contributed by atoms with Crippen LogP contribution in [-0.2, 0) is 10.0 Å². The molecule has 18 heavy (non-hydrogen) atoms. The summed E-state index contributed by atoms with van der Waals surface area (Å²) < 4.78 is 22.9. The Morgan fingerprint density at radius 3 is 2.50 bits per heavy atom. The molecule has 1 atom stereocenters. The fraction of sp³-hybridized carbons (Fsp3) is 0.500. The van der Waals surface area contributed by atoms with Crippen LogP contribution in [0.1, 0.15) is 25.8 Å². The van der Waals surface area contributed by atoms with Crippen molar-refractivity contribution in [2.45, 2.75) is 32.1 Å². The van der Waals surface area contributed by atoms with Crippen molar-refractivity contribution < 1.29 is 8.42 Å². The summed E-state index contributed by atoms with van der Waals surface area (Å²) in [5.41, 5.74) is 7.42. The molecule has 0 aromatic heterocycles. The fourth-order valence-corrected chi connectivity index (χ4v) is 2.45. The molecule has 0 spiro atoms. The molecular weight excluding hydrogens is 250 g/mol. The molecule has 5 N–H and O–H groups in total. The molecule has 1 aromatic rings. The Kier molecular flexibility index (Phi) is 4.59. The summed E-state index contributed by atoms with van der Waals surface area (Å²) in [7, 11) is -3.74. The van der Waals surface area contributed by atoms with Gasteiger partial charge in [0.15, 0.2) is 0 Å². The molecule has 0 bridgehead atoms. The van der Waals surface area contributed by atoms with E-state index in [2.05, 4.69) is 19.2 Å². The van der Waals surface area contributed by atoms with E-state index in [-0.39, 0.29) is 4.90 Å². The highest BCUT2D eigenvalue weighted by Crippen LogP contribution is 2.26. The zero-order chi connectivity index (χ0) is 13.9. The van der Waals surface area contributed by atoms with E-state index < -0.39 is 10.0 Å². The van der Waals surface area contributed by atoms with Gasteiger partial charge in [-0.1, -0.05) is 20.3 Å². The summed E-state index contributed by atoms with van der Waals surface area (Å²) in [5.74, 6) is 0.503. The Bertz CT molecular complexity index is 526. The van der Waals surface area contributed by atoms with Crippen LogP contribution in [0.25, 0.3) is 0 Å². The molecule has 5 nitrogen and oxygen atoms in total. The van der Waals surface area contributed by atoms with Gasteiger partial charge in [0.1, 0.15) is 0 Å². The average molecular weight is 271 g/mol. The minimum absolute atomic E-state index is 0.0779. The van der Waals surface area contributed by atoms with Crippen LogP contribution in [0.3, 0.4) is 0 Å². The summed E-state index contributed by atoms with van der Waals surface area (Å²) in [6, 6.07) is 3.12. The van der Waals surface area contributed by atoms with Crippen LogP contribution in [0, 0.1) is 12.8 Å². The second-order valence-corrected chi connectivity index (χ2v) is 6.16. The van der Waals surface area contributed by atoms with E-state index in [0.717, 1.165) is 18.7 Å². The smallest absolute Gasteiger partial charge is 0.238 e. The molecule has 6 heteroatoms. The first kappa shape index (κ1) is 14.8. The first-order valence-corrected chi connectivity index (χ1v) is 7.47. The third kappa shape index (κ3) is 3.61.